The summed E-state index contributed by atoms with van der Waals surface area (Å²) in [6.45, 7) is 3.25. The summed E-state index contributed by atoms with van der Waals surface area (Å²) in [5, 5.41) is 15.3. The van der Waals surface area contributed by atoms with Crippen LogP contribution in [-0.2, 0) is 9.59 Å². The predicted octanol–water partition coefficient (Wildman–Crippen LogP) is 4.10. The molecule has 1 atom stereocenters. The molecule has 0 radical (unpaired) electrons. The summed E-state index contributed by atoms with van der Waals surface area (Å²) in [4.78, 5) is 24.2. The first kappa shape index (κ1) is 24.6. The van der Waals surface area contributed by atoms with Crippen molar-refractivity contribution in [3.63, 3.8) is 0 Å². The van der Waals surface area contributed by atoms with Crippen molar-refractivity contribution in [2.45, 2.75) is 18.4 Å². The minimum Gasteiger partial charge on any atom is -0.484 e. The van der Waals surface area contributed by atoms with E-state index in [2.05, 4.69) is 17.2 Å². The zero-order chi connectivity index (χ0) is 23.0. The summed E-state index contributed by atoms with van der Waals surface area (Å²) in [6, 6.07) is 7.48. The third-order valence-electron chi connectivity index (χ3n) is 4.23. The van der Waals surface area contributed by atoms with Crippen LogP contribution >= 0.6 is 23.2 Å². The molecule has 6 nitrogen and oxygen atoms in total. The average Bonchev–Trinajstić information content (AvgIpc) is 2.74. The SMILES string of the molecule is C=CC(O)(CCCNC(=O)COc1ccc(Cl)c(F)c1)C(=O)Nc1ccc(Cl)c(F)c1. The van der Waals surface area contributed by atoms with Crippen LogP contribution in [0.1, 0.15) is 12.8 Å². The van der Waals surface area contributed by atoms with Gasteiger partial charge in [0.15, 0.2) is 12.2 Å². The van der Waals surface area contributed by atoms with Gasteiger partial charge in [0, 0.05) is 18.3 Å². The normalized spacial score (nSPS) is 12.5. The molecule has 0 saturated carbocycles. The van der Waals surface area contributed by atoms with Gasteiger partial charge in [-0.1, -0.05) is 35.9 Å². The van der Waals surface area contributed by atoms with Gasteiger partial charge in [-0.2, -0.15) is 0 Å². The Bertz CT molecular complexity index is 974. The van der Waals surface area contributed by atoms with E-state index in [9.17, 15) is 23.5 Å². The first-order valence-corrected chi connectivity index (χ1v) is 9.87. The molecule has 0 aromatic heterocycles. The minimum absolute atomic E-state index is 0.0536. The van der Waals surface area contributed by atoms with Crippen molar-refractivity contribution in [1.82, 2.24) is 5.32 Å². The Morgan fingerprint density at radius 2 is 1.77 bits per heavy atom. The van der Waals surface area contributed by atoms with Crippen LogP contribution in [0, 0.1) is 11.6 Å². The molecule has 0 saturated heterocycles. The van der Waals surface area contributed by atoms with Crippen LogP contribution in [0.5, 0.6) is 5.75 Å². The third-order valence-corrected chi connectivity index (χ3v) is 4.84. The Labute approximate surface area is 187 Å². The topological polar surface area (TPSA) is 87.7 Å². The van der Waals surface area contributed by atoms with Gasteiger partial charge >= 0.3 is 0 Å². The van der Waals surface area contributed by atoms with Crippen LogP contribution in [0.15, 0.2) is 49.1 Å². The van der Waals surface area contributed by atoms with E-state index < -0.39 is 29.0 Å². The highest BCUT2D eigenvalue weighted by molar-refractivity contribution is 6.31. The lowest BCUT2D eigenvalue weighted by molar-refractivity contribution is -0.130. The maximum atomic E-state index is 13.5. The highest BCUT2D eigenvalue weighted by atomic mass is 35.5. The summed E-state index contributed by atoms with van der Waals surface area (Å²) < 4.78 is 32.0. The molecule has 0 aliphatic carbocycles. The van der Waals surface area contributed by atoms with Gasteiger partial charge in [-0.25, -0.2) is 8.78 Å². The second kappa shape index (κ2) is 11.1. The van der Waals surface area contributed by atoms with Crippen LogP contribution in [0.3, 0.4) is 0 Å². The van der Waals surface area contributed by atoms with Gasteiger partial charge in [0.05, 0.1) is 10.0 Å². The standard InChI is InChI=1S/C21H20Cl2F2N2O4/c1-2-21(30,20(29)27-13-4-6-15(22)17(24)10-13)8-3-9-26-19(28)12-31-14-5-7-16(23)18(25)11-14/h2,4-7,10-11,30H,1,3,8-9,12H2,(H,26,28)(H,27,29). The molecule has 0 bridgehead atoms. The molecule has 10 heteroatoms. The third kappa shape index (κ3) is 7.20. The van der Waals surface area contributed by atoms with E-state index in [0.717, 1.165) is 18.2 Å². The monoisotopic (exact) mass is 472 g/mol. The molecule has 0 fully saturated rings. The Hall–Kier alpha value is -2.68. The smallest absolute Gasteiger partial charge is 0.260 e. The number of amides is 2. The molecule has 1 unspecified atom stereocenters. The summed E-state index contributed by atoms with van der Waals surface area (Å²) in [6.07, 6.45) is 1.24. The van der Waals surface area contributed by atoms with Gasteiger partial charge in [-0.3, -0.25) is 9.59 Å². The van der Waals surface area contributed by atoms with E-state index in [0.29, 0.717) is 0 Å². The van der Waals surface area contributed by atoms with Crippen LogP contribution in [0.4, 0.5) is 14.5 Å². The van der Waals surface area contributed by atoms with Crippen molar-refractivity contribution in [2.75, 3.05) is 18.5 Å². The zero-order valence-corrected chi connectivity index (χ0v) is 17.8. The second-order valence-corrected chi connectivity index (χ2v) is 7.34. The van der Waals surface area contributed by atoms with E-state index in [-0.39, 0.29) is 47.5 Å². The number of ether oxygens (including phenoxy) is 1. The molecule has 3 N–H and O–H groups in total. The van der Waals surface area contributed by atoms with E-state index in [1.165, 1.54) is 24.3 Å². The predicted molar refractivity (Wildman–Crippen MR) is 114 cm³/mol. The van der Waals surface area contributed by atoms with Gasteiger partial charge in [0.25, 0.3) is 11.8 Å². The molecule has 31 heavy (non-hydrogen) atoms. The Kier molecular flexibility index (Phi) is 8.79. The molecular formula is C21H20Cl2F2N2O4. The van der Waals surface area contributed by atoms with Crippen LogP contribution in [0.25, 0.3) is 0 Å². The van der Waals surface area contributed by atoms with Gasteiger partial charge in [-0.15, -0.1) is 0 Å². The number of aliphatic hydroxyl groups is 1. The van der Waals surface area contributed by atoms with Crippen molar-refractivity contribution >= 4 is 40.7 Å². The number of hydrogen-bond donors (Lipinski definition) is 3. The lowest BCUT2D eigenvalue weighted by Crippen LogP contribution is -2.42. The average molecular weight is 473 g/mol. The molecule has 166 valence electrons. The van der Waals surface area contributed by atoms with Crippen molar-refractivity contribution in [3.05, 3.63) is 70.7 Å². The summed E-state index contributed by atoms with van der Waals surface area (Å²) in [5.74, 6) is -2.51. The number of benzene rings is 2. The number of nitrogens with one attached hydrogen (secondary N) is 2. The molecule has 0 aliphatic rings. The van der Waals surface area contributed by atoms with Crippen molar-refractivity contribution in [2.24, 2.45) is 0 Å². The first-order chi connectivity index (χ1) is 14.6. The Morgan fingerprint density at radius 3 is 2.39 bits per heavy atom. The molecule has 2 amide bonds. The van der Waals surface area contributed by atoms with E-state index in [4.69, 9.17) is 27.9 Å². The highest BCUT2D eigenvalue weighted by Gasteiger charge is 2.32. The molecule has 0 aliphatic heterocycles. The fraction of sp³-hybridized carbons (Fsp3) is 0.238. The fourth-order valence-electron chi connectivity index (χ4n) is 2.47. The molecule has 0 spiro atoms. The number of anilines is 1. The zero-order valence-electron chi connectivity index (χ0n) is 16.3. The summed E-state index contributed by atoms with van der Waals surface area (Å²) in [7, 11) is 0. The van der Waals surface area contributed by atoms with E-state index in [1.807, 2.05) is 0 Å². The highest BCUT2D eigenvalue weighted by Crippen LogP contribution is 2.22. The Morgan fingerprint density at radius 1 is 1.13 bits per heavy atom. The van der Waals surface area contributed by atoms with Crippen molar-refractivity contribution < 1.29 is 28.2 Å². The van der Waals surface area contributed by atoms with Gasteiger partial charge in [0.2, 0.25) is 0 Å². The lowest BCUT2D eigenvalue weighted by atomic mass is 9.96. The maximum absolute atomic E-state index is 13.5. The largest absolute Gasteiger partial charge is 0.484 e. The molecule has 0 heterocycles. The molecular weight excluding hydrogens is 453 g/mol. The van der Waals surface area contributed by atoms with Crippen LogP contribution in [0.2, 0.25) is 10.0 Å². The van der Waals surface area contributed by atoms with E-state index >= 15 is 0 Å². The van der Waals surface area contributed by atoms with Gasteiger partial charge < -0.3 is 20.5 Å². The molecule has 2 aromatic rings. The maximum Gasteiger partial charge on any atom is 0.260 e. The van der Waals surface area contributed by atoms with E-state index in [1.54, 1.807) is 0 Å². The quantitative estimate of drug-likeness (QED) is 0.358. The summed E-state index contributed by atoms with van der Waals surface area (Å²) >= 11 is 11.2. The van der Waals surface area contributed by atoms with Gasteiger partial charge in [0.1, 0.15) is 17.4 Å². The molecule has 2 rings (SSSR count). The fourth-order valence-corrected chi connectivity index (χ4v) is 2.71. The number of halogens is 4. The molecule has 2 aromatic carbocycles. The van der Waals surface area contributed by atoms with Gasteiger partial charge in [-0.05, 0) is 43.2 Å². The van der Waals surface area contributed by atoms with Crippen molar-refractivity contribution in [1.29, 1.82) is 0 Å². The second-order valence-electron chi connectivity index (χ2n) is 6.53. The number of carbonyl (C=O) groups is 2. The van der Waals surface area contributed by atoms with Crippen LogP contribution in [-0.4, -0.2) is 35.7 Å². The van der Waals surface area contributed by atoms with Crippen LogP contribution < -0.4 is 15.4 Å². The first-order valence-electron chi connectivity index (χ1n) is 9.11. The number of hydrogen-bond acceptors (Lipinski definition) is 4. The number of carbonyl (C=O) groups excluding carboxylic acids is 2. The Balaban J connectivity index is 1.78. The minimum atomic E-state index is -1.93. The lowest BCUT2D eigenvalue weighted by Gasteiger charge is -2.23. The summed E-state index contributed by atoms with van der Waals surface area (Å²) in [5.41, 5.74) is -1.81. The van der Waals surface area contributed by atoms with Crippen molar-refractivity contribution in [3.8, 4) is 5.75 Å². The number of rotatable bonds is 10.